The molecule has 0 saturated carbocycles. The van der Waals surface area contributed by atoms with Crippen molar-refractivity contribution in [1.29, 1.82) is 0 Å². The van der Waals surface area contributed by atoms with Crippen LogP contribution in [0.3, 0.4) is 0 Å². The molecule has 1 N–H and O–H groups in total. The molecule has 1 atom stereocenters. The third-order valence-electron chi connectivity index (χ3n) is 4.02. The molecular weight excluding hydrogens is 294 g/mol. The molecule has 2 aliphatic heterocycles. The molecule has 0 bridgehead atoms. The van der Waals surface area contributed by atoms with E-state index in [1.165, 1.54) is 16.4 Å². The van der Waals surface area contributed by atoms with E-state index in [0.717, 1.165) is 12.8 Å². The van der Waals surface area contributed by atoms with Crippen LogP contribution in [0.1, 0.15) is 30.7 Å². The molecule has 0 aromatic heterocycles. The van der Waals surface area contributed by atoms with Gasteiger partial charge in [0.1, 0.15) is 5.75 Å². The summed E-state index contributed by atoms with van der Waals surface area (Å²) in [5.74, 6) is -1.19. The average molecular weight is 311 g/mol. The van der Waals surface area contributed by atoms with Gasteiger partial charge in [0.05, 0.1) is 17.4 Å². The van der Waals surface area contributed by atoms with E-state index in [1.807, 2.05) is 0 Å². The maximum absolute atomic E-state index is 12.5. The van der Waals surface area contributed by atoms with Crippen LogP contribution in [-0.4, -0.2) is 43.5 Å². The van der Waals surface area contributed by atoms with Gasteiger partial charge >= 0.3 is 5.97 Å². The van der Waals surface area contributed by atoms with E-state index in [0.29, 0.717) is 37.4 Å². The second-order valence-corrected chi connectivity index (χ2v) is 7.28. The largest absolute Gasteiger partial charge is 0.493 e. The van der Waals surface area contributed by atoms with Crippen molar-refractivity contribution in [2.24, 2.45) is 0 Å². The van der Waals surface area contributed by atoms with Crippen LogP contribution in [0.5, 0.6) is 5.75 Å². The summed E-state index contributed by atoms with van der Waals surface area (Å²) in [4.78, 5) is 11.5. The first-order chi connectivity index (χ1) is 10.00. The van der Waals surface area contributed by atoms with Gasteiger partial charge in [0, 0.05) is 18.7 Å². The van der Waals surface area contributed by atoms with Gasteiger partial charge in [-0.15, -0.1) is 0 Å². The van der Waals surface area contributed by atoms with Crippen molar-refractivity contribution in [2.75, 3.05) is 19.7 Å². The zero-order valence-electron chi connectivity index (χ0n) is 11.5. The molecule has 0 amide bonds. The lowest BCUT2D eigenvalue weighted by molar-refractivity contribution is -0.139. The van der Waals surface area contributed by atoms with Gasteiger partial charge < -0.3 is 9.84 Å². The van der Waals surface area contributed by atoms with Crippen molar-refractivity contribution in [3.63, 3.8) is 0 Å². The van der Waals surface area contributed by atoms with Crippen LogP contribution >= 0.6 is 0 Å². The molecule has 21 heavy (non-hydrogen) atoms. The van der Waals surface area contributed by atoms with Crippen LogP contribution in [-0.2, 0) is 14.8 Å². The van der Waals surface area contributed by atoms with Gasteiger partial charge in [-0.3, -0.25) is 4.79 Å². The fraction of sp³-hybridized carbons (Fsp3) is 0.500. The number of benzene rings is 1. The monoisotopic (exact) mass is 311 g/mol. The Balaban J connectivity index is 2.02. The average Bonchev–Trinajstić information content (AvgIpc) is 3.00. The van der Waals surface area contributed by atoms with E-state index >= 15 is 0 Å². The number of rotatable bonds is 3. The van der Waals surface area contributed by atoms with Gasteiger partial charge in [0.2, 0.25) is 10.0 Å². The summed E-state index contributed by atoms with van der Waals surface area (Å²) in [5.41, 5.74) is 0.453. The minimum Gasteiger partial charge on any atom is -0.493 e. The number of fused-ring (bicyclic) bond motifs is 1. The predicted octanol–water partition coefficient (Wildman–Crippen LogP) is 1.42. The van der Waals surface area contributed by atoms with Crippen LogP contribution in [0.4, 0.5) is 0 Å². The summed E-state index contributed by atoms with van der Waals surface area (Å²) in [7, 11) is -3.54. The van der Waals surface area contributed by atoms with Crippen molar-refractivity contribution < 1.29 is 23.1 Å². The molecule has 6 nitrogen and oxygen atoms in total. The molecule has 3 rings (SSSR count). The van der Waals surface area contributed by atoms with Gasteiger partial charge in [0.15, 0.2) is 0 Å². The van der Waals surface area contributed by atoms with Crippen LogP contribution < -0.4 is 4.74 Å². The number of hydrogen-bond donors (Lipinski definition) is 1. The molecule has 1 saturated heterocycles. The number of ether oxygens (including phenoxy) is 1. The van der Waals surface area contributed by atoms with E-state index in [9.17, 15) is 18.3 Å². The third-order valence-corrected chi connectivity index (χ3v) is 5.92. The van der Waals surface area contributed by atoms with Crippen molar-refractivity contribution in [1.82, 2.24) is 4.31 Å². The zero-order valence-corrected chi connectivity index (χ0v) is 12.3. The van der Waals surface area contributed by atoms with Crippen molar-refractivity contribution in [3.8, 4) is 5.75 Å². The fourth-order valence-electron chi connectivity index (χ4n) is 2.87. The lowest BCUT2D eigenvalue weighted by atomic mass is 9.93. The Hall–Kier alpha value is -1.60. The summed E-state index contributed by atoms with van der Waals surface area (Å²) < 4.78 is 31.9. The number of carbonyl (C=O) groups is 1. The number of carboxylic acids is 1. The molecule has 0 unspecified atom stereocenters. The number of sulfonamides is 1. The lowest BCUT2D eigenvalue weighted by Crippen LogP contribution is -2.28. The SMILES string of the molecule is O=C(O)[C@@H]1CCOc2ccc(S(=O)(=O)N3CCCC3)cc21. The van der Waals surface area contributed by atoms with Gasteiger partial charge in [0.25, 0.3) is 0 Å². The van der Waals surface area contributed by atoms with Gasteiger partial charge in [-0.05, 0) is 37.5 Å². The Morgan fingerprint density at radius 2 is 2.00 bits per heavy atom. The number of nitrogens with zero attached hydrogens (tertiary/aromatic N) is 1. The number of carboxylic acid groups (broad SMARTS) is 1. The molecule has 7 heteroatoms. The second kappa shape index (κ2) is 5.31. The Bertz CT molecular complexity index is 664. The normalized spacial score (nSPS) is 22.6. The summed E-state index contributed by atoms with van der Waals surface area (Å²) in [6, 6.07) is 4.52. The zero-order chi connectivity index (χ0) is 15.0. The first kappa shape index (κ1) is 14.3. The van der Waals surface area contributed by atoms with Crippen LogP contribution in [0.25, 0.3) is 0 Å². The fourth-order valence-corrected chi connectivity index (χ4v) is 4.42. The summed E-state index contributed by atoms with van der Waals surface area (Å²) in [6.45, 7) is 1.39. The molecule has 2 heterocycles. The Kier molecular flexibility index (Phi) is 3.62. The summed E-state index contributed by atoms with van der Waals surface area (Å²) in [6.07, 6.45) is 2.09. The Morgan fingerprint density at radius 3 is 2.67 bits per heavy atom. The molecule has 0 aliphatic carbocycles. The Labute approximate surface area is 123 Å². The highest BCUT2D eigenvalue weighted by molar-refractivity contribution is 7.89. The van der Waals surface area contributed by atoms with Crippen molar-refractivity contribution in [3.05, 3.63) is 23.8 Å². The standard InChI is InChI=1S/C14H17NO5S/c16-14(17)11-5-8-20-13-4-3-10(9-12(11)13)21(18,19)15-6-1-2-7-15/h3-4,9,11H,1-2,5-8H2,(H,16,17)/t11-/m1/s1. The van der Waals surface area contributed by atoms with Crippen LogP contribution in [0.2, 0.25) is 0 Å². The van der Waals surface area contributed by atoms with Gasteiger partial charge in [-0.2, -0.15) is 4.31 Å². The minimum absolute atomic E-state index is 0.153. The highest BCUT2D eigenvalue weighted by Gasteiger charge is 2.32. The highest BCUT2D eigenvalue weighted by Crippen LogP contribution is 2.36. The van der Waals surface area contributed by atoms with Gasteiger partial charge in [-0.1, -0.05) is 0 Å². The molecule has 0 radical (unpaired) electrons. The molecule has 1 aromatic rings. The Morgan fingerprint density at radius 1 is 1.29 bits per heavy atom. The van der Waals surface area contributed by atoms with Crippen LogP contribution in [0.15, 0.2) is 23.1 Å². The molecule has 1 fully saturated rings. The predicted molar refractivity (Wildman–Crippen MR) is 74.9 cm³/mol. The quantitative estimate of drug-likeness (QED) is 0.912. The summed E-state index contributed by atoms with van der Waals surface area (Å²) in [5, 5.41) is 9.27. The van der Waals surface area contributed by atoms with Crippen molar-refractivity contribution >= 4 is 16.0 Å². The van der Waals surface area contributed by atoms with Gasteiger partial charge in [-0.25, -0.2) is 8.42 Å². The second-order valence-electron chi connectivity index (χ2n) is 5.34. The first-order valence-electron chi connectivity index (χ1n) is 7.00. The van der Waals surface area contributed by atoms with Crippen molar-refractivity contribution in [2.45, 2.75) is 30.1 Å². The number of aliphatic carboxylic acids is 1. The number of hydrogen-bond acceptors (Lipinski definition) is 4. The van der Waals surface area contributed by atoms with E-state index in [4.69, 9.17) is 4.74 Å². The maximum atomic E-state index is 12.5. The van der Waals surface area contributed by atoms with E-state index in [-0.39, 0.29) is 4.90 Å². The maximum Gasteiger partial charge on any atom is 0.311 e. The molecule has 0 spiro atoms. The lowest BCUT2D eigenvalue weighted by Gasteiger charge is -2.24. The van der Waals surface area contributed by atoms with Crippen LogP contribution in [0, 0.1) is 0 Å². The molecule has 1 aromatic carbocycles. The third kappa shape index (κ3) is 2.51. The van der Waals surface area contributed by atoms with E-state index in [2.05, 4.69) is 0 Å². The highest BCUT2D eigenvalue weighted by atomic mass is 32.2. The smallest absolute Gasteiger partial charge is 0.311 e. The minimum atomic E-state index is -3.54. The first-order valence-corrected chi connectivity index (χ1v) is 8.44. The molecule has 2 aliphatic rings. The van der Waals surface area contributed by atoms with E-state index < -0.39 is 21.9 Å². The molecule has 114 valence electrons. The van der Waals surface area contributed by atoms with E-state index in [1.54, 1.807) is 6.07 Å². The topological polar surface area (TPSA) is 83.9 Å². The summed E-state index contributed by atoms with van der Waals surface area (Å²) >= 11 is 0. The molecular formula is C14H17NO5S.